The summed E-state index contributed by atoms with van der Waals surface area (Å²) in [6.45, 7) is -0.172. The molecule has 0 bridgehead atoms. The number of nitrogens with one attached hydrogen (secondary N) is 1. The van der Waals surface area contributed by atoms with Crippen molar-refractivity contribution in [2.75, 3.05) is 17.7 Å². The summed E-state index contributed by atoms with van der Waals surface area (Å²) in [5, 5.41) is 11.4. The Balaban J connectivity index is 1.46. The average molecular weight is 420 g/mol. The molecule has 1 aromatic heterocycles. The van der Waals surface area contributed by atoms with Crippen LogP contribution in [0, 0.1) is 0 Å². The molecular formula is C18H14ClN3O3S2. The van der Waals surface area contributed by atoms with Crippen LogP contribution in [-0.4, -0.2) is 34.2 Å². The highest BCUT2D eigenvalue weighted by atomic mass is 35.5. The second-order valence-corrected chi connectivity index (χ2v) is 7.88. The van der Waals surface area contributed by atoms with Gasteiger partial charge in [-0.25, -0.2) is 0 Å². The first-order chi connectivity index (χ1) is 13.1. The van der Waals surface area contributed by atoms with Crippen molar-refractivity contribution in [2.45, 2.75) is 4.34 Å². The zero-order valence-electron chi connectivity index (χ0n) is 13.9. The van der Waals surface area contributed by atoms with Gasteiger partial charge in [0.2, 0.25) is 5.13 Å². The molecule has 3 rings (SSSR count). The Labute approximate surface area is 168 Å². The smallest absolute Gasteiger partial charge is 0.264 e. The molecule has 6 nitrogen and oxygen atoms in total. The quantitative estimate of drug-likeness (QED) is 0.335. The molecule has 0 saturated carbocycles. The molecule has 0 aliphatic rings. The second kappa shape index (κ2) is 9.50. The van der Waals surface area contributed by atoms with Crippen molar-refractivity contribution in [3.05, 3.63) is 65.2 Å². The van der Waals surface area contributed by atoms with Crippen molar-refractivity contribution < 1.29 is 14.3 Å². The number of carbonyl (C=O) groups excluding carboxylic acids is 2. The summed E-state index contributed by atoms with van der Waals surface area (Å²) in [5.41, 5.74) is 0.654. The zero-order chi connectivity index (χ0) is 19.1. The Kier molecular flexibility index (Phi) is 6.80. The molecule has 0 spiro atoms. The molecule has 0 atom stereocenters. The van der Waals surface area contributed by atoms with E-state index >= 15 is 0 Å². The molecule has 27 heavy (non-hydrogen) atoms. The number of nitrogens with zero attached hydrogens (tertiary/aromatic N) is 2. The average Bonchev–Trinajstić information content (AvgIpc) is 3.12. The summed E-state index contributed by atoms with van der Waals surface area (Å²) in [6, 6.07) is 15.8. The lowest BCUT2D eigenvalue weighted by atomic mass is 10.2. The van der Waals surface area contributed by atoms with Gasteiger partial charge in [0.15, 0.2) is 16.7 Å². The molecule has 0 saturated heterocycles. The first-order valence-electron chi connectivity index (χ1n) is 7.83. The van der Waals surface area contributed by atoms with Crippen molar-refractivity contribution in [2.24, 2.45) is 0 Å². The maximum atomic E-state index is 12.1. The second-order valence-electron chi connectivity index (χ2n) is 5.25. The number of anilines is 1. The third-order valence-corrected chi connectivity index (χ3v) is 5.45. The fourth-order valence-corrected chi connectivity index (χ4v) is 3.86. The van der Waals surface area contributed by atoms with Gasteiger partial charge in [0, 0.05) is 10.6 Å². The van der Waals surface area contributed by atoms with Crippen molar-refractivity contribution in [3.8, 4) is 5.75 Å². The highest BCUT2D eigenvalue weighted by molar-refractivity contribution is 8.01. The van der Waals surface area contributed by atoms with Gasteiger partial charge in [0.1, 0.15) is 5.75 Å². The third-order valence-electron chi connectivity index (χ3n) is 3.24. The Morgan fingerprint density at radius 3 is 2.70 bits per heavy atom. The van der Waals surface area contributed by atoms with E-state index in [1.165, 1.54) is 23.1 Å². The first-order valence-corrected chi connectivity index (χ1v) is 10.0. The van der Waals surface area contributed by atoms with Gasteiger partial charge >= 0.3 is 0 Å². The molecule has 3 aromatic rings. The van der Waals surface area contributed by atoms with Crippen molar-refractivity contribution >= 4 is 51.5 Å². The van der Waals surface area contributed by atoms with Gasteiger partial charge in [-0.05, 0) is 18.2 Å². The minimum absolute atomic E-state index is 0.0105. The number of carbonyl (C=O) groups is 2. The highest BCUT2D eigenvalue weighted by Crippen LogP contribution is 2.26. The van der Waals surface area contributed by atoms with Crippen LogP contribution in [0.3, 0.4) is 0 Å². The lowest BCUT2D eigenvalue weighted by Gasteiger charge is -2.05. The van der Waals surface area contributed by atoms with Gasteiger partial charge < -0.3 is 4.74 Å². The van der Waals surface area contributed by atoms with Crippen LogP contribution in [-0.2, 0) is 4.79 Å². The molecule has 1 amide bonds. The number of hydrogen-bond acceptors (Lipinski definition) is 7. The van der Waals surface area contributed by atoms with Crippen molar-refractivity contribution in [1.82, 2.24) is 10.2 Å². The summed E-state index contributed by atoms with van der Waals surface area (Å²) in [6.07, 6.45) is 0. The summed E-state index contributed by atoms with van der Waals surface area (Å²) in [4.78, 5) is 24.0. The van der Waals surface area contributed by atoms with E-state index in [1.807, 2.05) is 18.2 Å². The summed E-state index contributed by atoms with van der Waals surface area (Å²) in [5.74, 6) is 0.412. The minimum Gasteiger partial charge on any atom is -0.484 e. The van der Waals surface area contributed by atoms with Gasteiger partial charge in [-0.1, -0.05) is 71.1 Å². The van der Waals surface area contributed by atoms with Crippen LogP contribution >= 0.6 is 34.7 Å². The number of amides is 1. The number of benzene rings is 2. The topological polar surface area (TPSA) is 81.2 Å². The van der Waals surface area contributed by atoms with Gasteiger partial charge in [-0.2, -0.15) is 0 Å². The van der Waals surface area contributed by atoms with Gasteiger partial charge in [0.05, 0.1) is 5.75 Å². The van der Waals surface area contributed by atoms with E-state index in [4.69, 9.17) is 16.3 Å². The number of rotatable bonds is 8. The zero-order valence-corrected chi connectivity index (χ0v) is 16.3. The Morgan fingerprint density at radius 2 is 1.93 bits per heavy atom. The molecule has 0 aliphatic carbocycles. The van der Waals surface area contributed by atoms with Gasteiger partial charge in [-0.15, -0.1) is 10.2 Å². The Morgan fingerprint density at radius 1 is 1.11 bits per heavy atom. The van der Waals surface area contributed by atoms with Crippen LogP contribution in [0.5, 0.6) is 5.75 Å². The van der Waals surface area contributed by atoms with Crippen LogP contribution in [0.25, 0.3) is 0 Å². The van der Waals surface area contributed by atoms with Crippen LogP contribution in [0.4, 0.5) is 5.13 Å². The largest absolute Gasteiger partial charge is 0.484 e. The van der Waals surface area contributed by atoms with E-state index in [0.717, 1.165) is 0 Å². The fraction of sp³-hybridized carbons (Fsp3) is 0.111. The van der Waals surface area contributed by atoms with Crippen LogP contribution < -0.4 is 10.1 Å². The number of hydrogen-bond donors (Lipinski definition) is 1. The number of ketones is 1. The van der Waals surface area contributed by atoms with Gasteiger partial charge in [-0.3, -0.25) is 14.9 Å². The lowest BCUT2D eigenvalue weighted by Crippen LogP contribution is -2.20. The SMILES string of the molecule is O=C(COc1cccc(Cl)c1)Nc1nnc(SCC(=O)c2ccccc2)s1. The maximum absolute atomic E-state index is 12.1. The summed E-state index contributed by atoms with van der Waals surface area (Å²) >= 11 is 8.34. The minimum atomic E-state index is -0.358. The van der Waals surface area contributed by atoms with Crippen LogP contribution in [0.1, 0.15) is 10.4 Å². The molecule has 0 unspecified atom stereocenters. The molecular weight excluding hydrogens is 406 g/mol. The molecule has 9 heteroatoms. The van der Waals surface area contributed by atoms with Crippen molar-refractivity contribution in [1.29, 1.82) is 0 Å². The van der Waals surface area contributed by atoms with E-state index in [9.17, 15) is 9.59 Å². The lowest BCUT2D eigenvalue weighted by molar-refractivity contribution is -0.118. The van der Waals surface area contributed by atoms with Gasteiger partial charge in [0.25, 0.3) is 5.91 Å². The highest BCUT2D eigenvalue weighted by Gasteiger charge is 2.12. The fourth-order valence-electron chi connectivity index (χ4n) is 2.01. The number of thioether (sulfide) groups is 1. The number of Topliss-reactive ketones (excluding diaryl/α,β-unsaturated/α-hetero) is 1. The summed E-state index contributed by atoms with van der Waals surface area (Å²) in [7, 11) is 0. The van der Waals surface area contributed by atoms with E-state index < -0.39 is 0 Å². The monoisotopic (exact) mass is 419 g/mol. The molecule has 0 aliphatic heterocycles. The third kappa shape index (κ3) is 6.06. The first kappa shape index (κ1) is 19.3. The van der Waals surface area contributed by atoms with E-state index in [0.29, 0.717) is 25.8 Å². The number of aromatic nitrogens is 2. The maximum Gasteiger partial charge on any atom is 0.264 e. The van der Waals surface area contributed by atoms with E-state index in [2.05, 4.69) is 15.5 Å². The van der Waals surface area contributed by atoms with Crippen molar-refractivity contribution in [3.63, 3.8) is 0 Å². The predicted molar refractivity (Wildman–Crippen MR) is 107 cm³/mol. The molecule has 0 radical (unpaired) electrons. The number of ether oxygens (including phenoxy) is 1. The molecule has 1 N–H and O–H groups in total. The summed E-state index contributed by atoms with van der Waals surface area (Å²) < 4.78 is 5.97. The Bertz CT molecular complexity index is 934. The molecule has 138 valence electrons. The van der Waals surface area contributed by atoms with E-state index in [-0.39, 0.29) is 24.1 Å². The number of halogens is 1. The van der Waals surface area contributed by atoms with Crippen LogP contribution in [0.2, 0.25) is 5.02 Å². The molecule has 2 aromatic carbocycles. The molecule has 1 heterocycles. The Hall–Kier alpha value is -2.42. The predicted octanol–water partition coefficient (Wildman–Crippen LogP) is 4.18. The normalized spacial score (nSPS) is 10.4. The van der Waals surface area contributed by atoms with E-state index in [1.54, 1.807) is 36.4 Å². The molecule has 0 fully saturated rings. The standard InChI is InChI=1S/C18H14ClN3O3S2/c19-13-7-4-8-14(9-13)25-10-16(24)20-17-21-22-18(27-17)26-11-15(23)12-5-2-1-3-6-12/h1-9H,10-11H2,(H,20,21,24). The van der Waals surface area contributed by atoms with Crippen LogP contribution in [0.15, 0.2) is 58.9 Å².